The molecule has 1 atom stereocenters. The fourth-order valence-corrected chi connectivity index (χ4v) is 3.37. The third-order valence-corrected chi connectivity index (χ3v) is 5.24. The number of likely N-dealkylation sites (N-methyl/N-ethyl adjacent to an activating group) is 1. The van der Waals surface area contributed by atoms with Crippen LogP contribution in [0.1, 0.15) is 23.0 Å². The molecule has 1 aromatic heterocycles. The average Bonchev–Trinajstić information content (AvgIpc) is 3.27. The number of piperazine rings is 1. The summed E-state index contributed by atoms with van der Waals surface area (Å²) in [6, 6.07) is 9.39. The molecule has 1 aliphatic rings. The largest absolute Gasteiger partial charge is 0.459 e. The third kappa shape index (κ3) is 4.62. The van der Waals surface area contributed by atoms with Crippen LogP contribution in [-0.4, -0.2) is 70.7 Å². The van der Waals surface area contributed by atoms with Gasteiger partial charge in [0.25, 0.3) is 11.6 Å². The summed E-state index contributed by atoms with van der Waals surface area (Å²) >= 11 is 0. The highest BCUT2D eigenvalue weighted by atomic mass is 16.6. The van der Waals surface area contributed by atoms with Crippen molar-refractivity contribution in [1.29, 1.82) is 0 Å². The first-order valence-corrected chi connectivity index (χ1v) is 9.42. The van der Waals surface area contributed by atoms with Crippen molar-refractivity contribution in [2.45, 2.75) is 19.5 Å². The number of benzene rings is 1. The number of amides is 2. The zero-order valence-corrected chi connectivity index (χ0v) is 16.5. The Hall–Kier alpha value is -3.20. The number of nitro groups is 1. The summed E-state index contributed by atoms with van der Waals surface area (Å²) in [7, 11) is 1.77. The van der Waals surface area contributed by atoms with Gasteiger partial charge in [0.05, 0.1) is 17.2 Å². The minimum absolute atomic E-state index is 0.0454. The highest BCUT2D eigenvalue weighted by molar-refractivity contribution is 5.91. The van der Waals surface area contributed by atoms with Crippen LogP contribution in [0.15, 0.2) is 47.1 Å². The van der Waals surface area contributed by atoms with Gasteiger partial charge < -0.3 is 14.2 Å². The molecule has 2 amide bonds. The van der Waals surface area contributed by atoms with Gasteiger partial charge in [0.15, 0.2) is 5.76 Å². The number of rotatable bonds is 6. The minimum Gasteiger partial charge on any atom is -0.459 e. The number of carbonyl (C=O) groups is 2. The normalized spacial score (nSPS) is 15.4. The lowest BCUT2D eigenvalue weighted by Crippen LogP contribution is -2.54. The zero-order chi connectivity index (χ0) is 21.0. The Bertz CT molecular complexity index is 875. The predicted octanol–water partition coefficient (Wildman–Crippen LogP) is 1.99. The van der Waals surface area contributed by atoms with Crippen LogP contribution in [-0.2, 0) is 11.3 Å². The highest BCUT2D eigenvalue weighted by Gasteiger charge is 2.30. The number of nitro benzene ring substituents is 1. The van der Waals surface area contributed by atoms with Crippen LogP contribution in [0.3, 0.4) is 0 Å². The van der Waals surface area contributed by atoms with E-state index in [1.54, 1.807) is 59.0 Å². The number of hydrogen-bond donors (Lipinski definition) is 0. The van der Waals surface area contributed by atoms with Crippen LogP contribution in [0, 0.1) is 10.1 Å². The Morgan fingerprint density at radius 1 is 1.14 bits per heavy atom. The third-order valence-electron chi connectivity index (χ3n) is 5.24. The van der Waals surface area contributed by atoms with Crippen LogP contribution >= 0.6 is 0 Å². The van der Waals surface area contributed by atoms with E-state index in [9.17, 15) is 19.7 Å². The zero-order valence-electron chi connectivity index (χ0n) is 16.5. The van der Waals surface area contributed by atoms with Crippen molar-refractivity contribution in [2.75, 3.05) is 33.2 Å². The molecule has 29 heavy (non-hydrogen) atoms. The summed E-state index contributed by atoms with van der Waals surface area (Å²) in [5.41, 5.74) is 0.609. The van der Waals surface area contributed by atoms with E-state index in [1.807, 2.05) is 0 Å². The molecule has 1 aliphatic heterocycles. The number of furan rings is 1. The van der Waals surface area contributed by atoms with Crippen molar-refractivity contribution in [1.82, 2.24) is 14.7 Å². The second kappa shape index (κ2) is 8.87. The standard InChI is InChI=1S/C20H24N4O5/c1-15(21(2)14-16-6-3-4-7-17(16)24(27)28)19(25)22-9-11-23(12-10-22)20(26)18-8-5-13-29-18/h3-8,13,15H,9-12,14H2,1-2H3. The van der Waals surface area contributed by atoms with Crippen molar-refractivity contribution in [3.05, 3.63) is 64.1 Å². The molecule has 2 aromatic rings. The summed E-state index contributed by atoms with van der Waals surface area (Å²) in [6.45, 7) is 3.83. The molecule has 1 unspecified atom stereocenters. The SMILES string of the molecule is CC(C(=O)N1CCN(C(=O)c2ccco2)CC1)N(C)Cc1ccccc1[N+](=O)[O-]. The smallest absolute Gasteiger partial charge is 0.289 e. The van der Waals surface area contributed by atoms with Crippen molar-refractivity contribution < 1.29 is 18.9 Å². The summed E-state index contributed by atoms with van der Waals surface area (Å²) in [6.07, 6.45) is 1.46. The van der Waals surface area contributed by atoms with Crippen molar-refractivity contribution in [3.63, 3.8) is 0 Å². The van der Waals surface area contributed by atoms with Gasteiger partial charge in [-0.25, -0.2) is 0 Å². The Morgan fingerprint density at radius 2 is 1.79 bits per heavy atom. The molecule has 0 saturated carbocycles. The summed E-state index contributed by atoms with van der Waals surface area (Å²) in [5.74, 6) is 0.0576. The van der Waals surface area contributed by atoms with Gasteiger partial charge in [-0.05, 0) is 26.1 Å². The van der Waals surface area contributed by atoms with Crippen molar-refractivity contribution in [3.8, 4) is 0 Å². The van der Waals surface area contributed by atoms with Gasteiger partial charge in [0.1, 0.15) is 0 Å². The maximum atomic E-state index is 12.9. The Labute approximate surface area is 168 Å². The van der Waals surface area contributed by atoms with Crippen LogP contribution < -0.4 is 0 Å². The number of carbonyl (C=O) groups excluding carboxylic acids is 2. The van der Waals surface area contributed by atoms with E-state index in [0.29, 0.717) is 44.0 Å². The lowest BCUT2D eigenvalue weighted by atomic mass is 10.1. The number of para-hydroxylation sites is 1. The van der Waals surface area contributed by atoms with E-state index in [-0.39, 0.29) is 17.5 Å². The predicted molar refractivity (Wildman–Crippen MR) is 105 cm³/mol. The second-order valence-electron chi connectivity index (χ2n) is 7.07. The van der Waals surface area contributed by atoms with Gasteiger partial charge in [0.2, 0.25) is 5.91 Å². The van der Waals surface area contributed by atoms with Crippen LogP contribution in [0.5, 0.6) is 0 Å². The Balaban J connectivity index is 1.57. The fraction of sp³-hybridized carbons (Fsp3) is 0.400. The molecule has 154 valence electrons. The highest BCUT2D eigenvalue weighted by Crippen LogP contribution is 2.20. The fourth-order valence-electron chi connectivity index (χ4n) is 3.37. The van der Waals surface area contributed by atoms with Gasteiger partial charge in [-0.3, -0.25) is 24.6 Å². The molecule has 1 aromatic carbocycles. The van der Waals surface area contributed by atoms with Gasteiger partial charge in [-0.2, -0.15) is 0 Å². The summed E-state index contributed by atoms with van der Waals surface area (Å²) in [5, 5.41) is 11.2. The second-order valence-corrected chi connectivity index (χ2v) is 7.07. The van der Waals surface area contributed by atoms with E-state index < -0.39 is 11.0 Å². The van der Waals surface area contributed by atoms with Crippen LogP contribution in [0.2, 0.25) is 0 Å². The molecule has 9 nitrogen and oxygen atoms in total. The van der Waals surface area contributed by atoms with Gasteiger partial charge in [-0.1, -0.05) is 18.2 Å². The first-order chi connectivity index (χ1) is 13.9. The maximum absolute atomic E-state index is 12.9. The number of hydrogen-bond acceptors (Lipinski definition) is 6. The molecule has 0 N–H and O–H groups in total. The lowest BCUT2D eigenvalue weighted by molar-refractivity contribution is -0.385. The Morgan fingerprint density at radius 3 is 2.41 bits per heavy atom. The van der Waals surface area contributed by atoms with E-state index in [4.69, 9.17) is 4.42 Å². The van der Waals surface area contributed by atoms with E-state index in [2.05, 4.69) is 0 Å². The van der Waals surface area contributed by atoms with Crippen molar-refractivity contribution >= 4 is 17.5 Å². The first kappa shape index (κ1) is 20.5. The molecule has 0 spiro atoms. The summed E-state index contributed by atoms with van der Waals surface area (Å²) < 4.78 is 5.15. The van der Waals surface area contributed by atoms with Gasteiger partial charge in [-0.15, -0.1) is 0 Å². The van der Waals surface area contributed by atoms with E-state index in [1.165, 1.54) is 12.3 Å². The van der Waals surface area contributed by atoms with E-state index in [0.717, 1.165) is 0 Å². The van der Waals surface area contributed by atoms with Crippen LogP contribution in [0.25, 0.3) is 0 Å². The summed E-state index contributed by atoms with van der Waals surface area (Å²) in [4.78, 5) is 41.2. The van der Waals surface area contributed by atoms with E-state index >= 15 is 0 Å². The van der Waals surface area contributed by atoms with Gasteiger partial charge >= 0.3 is 0 Å². The van der Waals surface area contributed by atoms with Gasteiger partial charge in [0, 0.05) is 44.4 Å². The quantitative estimate of drug-likeness (QED) is 0.543. The topological polar surface area (TPSA) is 100 Å². The molecule has 9 heteroatoms. The molecule has 2 heterocycles. The molecular weight excluding hydrogens is 376 g/mol. The molecule has 3 rings (SSSR count). The first-order valence-electron chi connectivity index (χ1n) is 9.42. The molecule has 1 saturated heterocycles. The maximum Gasteiger partial charge on any atom is 0.289 e. The van der Waals surface area contributed by atoms with Crippen molar-refractivity contribution in [2.24, 2.45) is 0 Å². The average molecular weight is 400 g/mol. The molecule has 1 fully saturated rings. The molecule has 0 bridgehead atoms. The minimum atomic E-state index is -0.442. The monoisotopic (exact) mass is 400 g/mol. The molecule has 0 aliphatic carbocycles. The molecule has 0 radical (unpaired) electrons. The number of nitrogens with zero attached hydrogens (tertiary/aromatic N) is 4. The molecular formula is C20H24N4O5. The van der Waals surface area contributed by atoms with Crippen LogP contribution in [0.4, 0.5) is 5.69 Å². The Kier molecular flexibility index (Phi) is 6.28. The lowest BCUT2D eigenvalue weighted by Gasteiger charge is -2.37.